The second-order valence-electron chi connectivity index (χ2n) is 4.57. The number of hydrogen-bond donors (Lipinski definition) is 5. The lowest BCUT2D eigenvalue weighted by Crippen LogP contribution is -2.24. The summed E-state index contributed by atoms with van der Waals surface area (Å²) in [5.41, 5.74) is 2.09. The first-order valence-corrected chi connectivity index (χ1v) is 6.20. The second-order valence-corrected chi connectivity index (χ2v) is 4.57. The fourth-order valence-electron chi connectivity index (χ4n) is 2.17. The van der Waals surface area contributed by atoms with Crippen molar-refractivity contribution in [1.29, 1.82) is 0 Å². The van der Waals surface area contributed by atoms with Gasteiger partial charge in [-0.25, -0.2) is 14.0 Å². The van der Waals surface area contributed by atoms with Crippen molar-refractivity contribution in [3.05, 3.63) is 51.1 Å². The first-order valence-electron chi connectivity index (χ1n) is 6.20. The number of hydrogen-bond acceptors (Lipinski definition) is 5. The van der Waals surface area contributed by atoms with Crippen LogP contribution in [0, 0.1) is 5.82 Å². The minimum absolute atomic E-state index is 0.0692. The first kappa shape index (κ1) is 16.2. The number of H-pyrrole nitrogens is 1. The Bertz CT molecular complexity index is 874. The molecule has 2 aromatic rings. The summed E-state index contributed by atoms with van der Waals surface area (Å²) in [7, 11) is 0. The van der Waals surface area contributed by atoms with Crippen molar-refractivity contribution in [2.75, 3.05) is 5.73 Å². The quantitative estimate of drug-likeness (QED) is 0.553. The maximum absolute atomic E-state index is 13.8. The van der Waals surface area contributed by atoms with E-state index in [1.165, 1.54) is 6.07 Å². The van der Waals surface area contributed by atoms with Gasteiger partial charge in [0.2, 0.25) is 0 Å². The van der Waals surface area contributed by atoms with E-state index < -0.39 is 52.4 Å². The molecule has 6 N–H and O–H groups in total. The molecule has 0 spiro atoms. The SMILES string of the molecule is Nc1[nH]c(=O)c(C(=O)O)c(-c2ccc(CO)c(F)c2)c1C(=O)O. The minimum atomic E-state index is -1.68. The number of carboxylic acids is 2. The summed E-state index contributed by atoms with van der Waals surface area (Å²) < 4.78 is 13.8. The molecule has 0 bridgehead atoms. The molecule has 1 aromatic heterocycles. The van der Waals surface area contributed by atoms with Gasteiger partial charge < -0.3 is 26.0 Å². The zero-order chi connectivity index (χ0) is 17.3. The van der Waals surface area contributed by atoms with Gasteiger partial charge >= 0.3 is 11.9 Å². The number of anilines is 1. The van der Waals surface area contributed by atoms with Crippen molar-refractivity contribution in [2.24, 2.45) is 0 Å². The number of aromatic amines is 1. The highest BCUT2D eigenvalue weighted by molar-refractivity contribution is 6.07. The van der Waals surface area contributed by atoms with Crippen molar-refractivity contribution < 1.29 is 29.3 Å². The molecule has 23 heavy (non-hydrogen) atoms. The molecule has 120 valence electrons. The van der Waals surface area contributed by atoms with Gasteiger partial charge in [0.1, 0.15) is 22.8 Å². The number of nitrogens with two attached hydrogens (primary N) is 1. The number of carbonyl (C=O) groups is 2. The standard InChI is InChI=1S/C14H11FN2O6/c15-7-3-5(1-2-6(7)4-18)8-9(13(20)21)11(16)17-12(19)10(8)14(22)23/h1-3,18H,4H2,(H,20,21)(H,22,23)(H3,16,17,19). The molecular weight excluding hydrogens is 311 g/mol. The molecule has 0 atom stereocenters. The fourth-order valence-corrected chi connectivity index (χ4v) is 2.17. The van der Waals surface area contributed by atoms with Crippen molar-refractivity contribution >= 4 is 17.8 Å². The number of rotatable bonds is 4. The Morgan fingerprint density at radius 3 is 2.26 bits per heavy atom. The summed E-state index contributed by atoms with van der Waals surface area (Å²) in [4.78, 5) is 36.5. The Balaban J connectivity index is 2.93. The van der Waals surface area contributed by atoms with Crippen LogP contribution in [0.4, 0.5) is 10.2 Å². The molecule has 0 amide bonds. The highest BCUT2D eigenvalue weighted by Gasteiger charge is 2.26. The van der Waals surface area contributed by atoms with E-state index >= 15 is 0 Å². The predicted molar refractivity (Wildman–Crippen MR) is 76.7 cm³/mol. The maximum atomic E-state index is 13.8. The van der Waals surface area contributed by atoms with Crippen molar-refractivity contribution in [1.82, 2.24) is 4.98 Å². The van der Waals surface area contributed by atoms with E-state index in [-0.39, 0.29) is 11.1 Å². The molecule has 9 heteroatoms. The number of benzene rings is 1. The summed E-state index contributed by atoms with van der Waals surface area (Å²) in [5, 5.41) is 27.4. The van der Waals surface area contributed by atoms with Crippen LogP contribution in [0.3, 0.4) is 0 Å². The monoisotopic (exact) mass is 322 g/mol. The molecule has 0 aliphatic carbocycles. The first-order chi connectivity index (χ1) is 10.8. The summed E-state index contributed by atoms with van der Waals surface area (Å²) in [5.74, 6) is -4.69. The number of pyridine rings is 1. The molecule has 8 nitrogen and oxygen atoms in total. The van der Waals surface area contributed by atoms with Crippen LogP contribution in [-0.4, -0.2) is 32.2 Å². The third-order valence-corrected chi connectivity index (χ3v) is 3.18. The van der Waals surface area contributed by atoms with E-state index in [2.05, 4.69) is 0 Å². The third kappa shape index (κ3) is 2.77. The van der Waals surface area contributed by atoms with Crippen molar-refractivity contribution in [3.63, 3.8) is 0 Å². The Kier molecular flexibility index (Phi) is 4.14. The summed E-state index contributed by atoms with van der Waals surface area (Å²) >= 11 is 0. The number of aromatic nitrogens is 1. The summed E-state index contributed by atoms with van der Waals surface area (Å²) in [6.45, 7) is -0.596. The molecule has 0 fully saturated rings. The Labute approximate surface area is 127 Å². The number of nitrogens with one attached hydrogen (secondary N) is 1. The largest absolute Gasteiger partial charge is 0.478 e. The zero-order valence-electron chi connectivity index (χ0n) is 11.5. The van der Waals surface area contributed by atoms with Crippen LogP contribution in [0.25, 0.3) is 11.1 Å². The molecule has 1 aromatic carbocycles. The normalized spacial score (nSPS) is 10.5. The number of nitrogen functional groups attached to an aromatic ring is 1. The van der Waals surface area contributed by atoms with Crippen LogP contribution in [0.5, 0.6) is 0 Å². The molecule has 0 unspecified atom stereocenters. The van der Waals surface area contributed by atoms with Crippen LogP contribution in [-0.2, 0) is 6.61 Å². The lowest BCUT2D eigenvalue weighted by molar-refractivity contribution is 0.0695. The highest BCUT2D eigenvalue weighted by atomic mass is 19.1. The Morgan fingerprint density at radius 1 is 1.17 bits per heavy atom. The number of carboxylic acid groups (broad SMARTS) is 2. The average Bonchev–Trinajstić information content (AvgIpc) is 2.45. The van der Waals surface area contributed by atoms with Gasteiger partial charge in [-0.15, -0.1) is 0 Å². The van der Waals surface area contributed by atoms with Gasteiger partial charge in [0.05, 0.1) is 6.61 Å². The number of halogens is 1. The topological polar surface area (TPSA) is 154 Å². The molecule has 0 aliphatic heterocycles. The van der Waals surface area contributed by atoms with Gasteiger partial charge in [0.15, 0.2) is 0 Å². The zero-order valence-corrected chi connectivity index (χ0v) is 11.5. The van der Waals surface area contributed by atoms with Crippen LogP contribution in [0.2, 0.25) is 0 Å². The number of aliphatic hydroxyl groups is 1. The summed E-state index contributed by atoms with van der Waals surface area (Å²) in [6.07, 6.45) is 0. The van der Waals surface area contributed by atoms with E-state index in [1.807, 2.05) is 4.98 Å². The van der Waals surface area contributed by atoms with E-state index in [0.29, 0.717) is 0 Å². The lowest BCUT2D eigenvalue weighted by Gasteiger charge is -2.12. The summed E-state index contributed by atoms with van der Waals surface area (Å²) in [6, 6.07) is 3.18. The van der Waals surface area contributed by atoms with Gasteiger partial charge in [0, 0.05) is 11.1 Å². The van der Waals surface area contributed by atoms with Crippen molar-refractivity contribution in [2.45, 2.75) is 6.61 Å². The smallest absolute Gasteiger partial charge is 0.342 e. The van der Waals surface area contributed by atoms with Gasteiger partial charge in [0.25, 0.3) is 5.56 Å². The number of aromatic carboxylic acids is 2. The molecule has 0 saturated carbocycles. The van der Waals surface area contributed by atoms with Gasteiger partial charge in [-0.3, -0.25) is 4.79 Å². The van der Waals surface area contributed by atoms with E-state index in [4.69, 9.17) is 10.8 Å². The second kappa shape index (κ2) is 5.89. The molecule has 1 heterocycles. The van der Waals surface area contributed by atoms with Crippen LogP contribution in [0.1, 0.15) is 26.3 Å². The van der Waals surface area contributed by atoms with E-state index in [9.17, 15) is 29.0 Å². The number of aliphatic hydroxyl groups excluding tert-OH is 1. The molecule has 0 aliphatic rings. The maximum Gasteiger partial charge on any atom is 0.342 e. The van der Waals surface area contributed by atoms with E-state index in [1.54, 1.807) is 0 Å². The highest BCUT2D eigenvalue weighted by Crippen LogP contribution is 2.30. The van der Waals surface area contributed by atoms with Crippen LogP contribution >= 0.6 is 0 Å². The van der Waals surface area contributed by atoms with Gasteiger partial charge in [-0.05, 0) is 11.6 Å². The lowest BCUT2D eigenvalue weighted by atomic mass is 9.94. The molecule has 0 radical (unpaired) electrons. The molecular formula is C14H11FN2O6. The minimum Gasteiger partial charge on any atom is -0.478 e. The molecule has 2 rings (SSSR count). The Morgan fingerprint density at radius 2 is 1.78 bits per heavy atom. The van der Waals surface area contributed by atoms with Crippen LogP contribution in [0.15, 0.2) is 23.0 Å². The van der Waals surface area contributed by atoms with Crippen molar-refractivity contribution in [3.8, 4) is 11.1 Å². The van der Waals surface area contributed by atoms with Crippen LogP contribution < -0.4 is 11.3 Å². The van der Waals surface area contributed by atoms with Gasteiger partial charge in [-0.2, -0.15) is 0 Å². The predicted octanol–water partition coefficient (Wildman–Crippen LogP) is 0.652. The van der Waals surface area contributed by atoms with Gasteiger partial charge in [-0.1, -0.05) is 12.1 Å². The van der Waals surface area contributed by atoms with E-state index in [0.717, 1.165) is 12.1 Å². The molecule has 0 saturated heterocycles. The average molecular weight is 322 g/mol. The fraction of sp³-hybridized carbons (Fsp3) is 0.0714. The Hall–Kier alpha value is -3.20. The third-order valence-electron chi connectivity index (χ3n) is 3.18.